The highest BCUT2D eigenvalue weighted by atomic mass is 19.4. The normalized spacial score (nSPS) is 45.0. The van der Waals surface area contributed by atoms with E-state index >= 15 is 0 Å². The van der Waals surface area contributed by atoms with E-state index in [1.54, 1.807) is 0 Å². The van der Waals surface area contributed by atoms with Crippen molar-refractivity contribution in [2.24, 2.45) is 5.92 Å². The van der Waals surface area contributed by atoms with E-state index in [0.29, 0.717) is 6.42 Å². The van der Waals surface area contributed by atoms with Gasteiger partial charge in [0.05, 0.1) is 24.7 Å². The van der Waals surface area contributed by atoms with Crippen molar-refractivity contribution in [1.29, 1.82) is 0 Å². The molecule has 0 amide bonds. The molecular formula is C9H13F3O3. The second-order valence-electron chi connectivity index (χ2n) is 4.46. The molecule has 2 aliphatic heterocycles. The molecule has 2 heterocycles. The lowest BCUT2D eigenvalue weighted by molar-refractivity contribution is -0.215. The monoisotopic (exact) mass is 226 g/mol. The molecule has 6 heteroatoms. The van der Waals surface area contributed by atoms with Gasteiger partial charge in [0.2, 0.25) is 0 Å². The van der Waals surface area contributed by atoms with Crippen LogP contribution in [0.1, 0.15) is 19.3 Å². The van der Waals surface area contributed by atoms with E-state index in [1.807, 2.05) is 0 Å². The number of hydrogen-bond donors (Lipinski definition) is 2. The Balaban J connectivity index is 2.29. The second kappa shape index (κ2) is 3.09. The molecule has 0 aromatic rings. The third-order valence-electron chi connectivity index (χ3n) is 3.59. The summed E-state index contributed by atoms with van der Waals surface area (Å²) in [6.07, 6.45) is -4.07. The van der Waals surface area contributed by atoms with Gasteiger partial charge in [-0.3, -0.25) is 0 Å². The van der Waals surface area contributed by atoms with Crippen LogP contribution in [0.25, 0.3) is 0 Å². The Morgan fingerprint density at radius 1 is 1.20 bits per heavy atom. The topological polar surface area (TPSA) is 49.7 Å². The number of ether oxygens (including phenoxy) is 1. The van der Waals surface area contributed by atoms with Crippen LogP contribution >= 0.6 is 0 Å². The molecular weight excluding hydrogens is 213 g/mol. The molecule has 2 saturated heterocycles. The first-order valence-corrected chi connectivity index (χ1v) is 4.86. The average Bonchev–Trinajstić information content (AvgIpc) is 2.71. The predicted octanol–water partition coefficient (Wildman–Crippen LogP) is 0.841. The highest BCUT2D eigenvalue weighted by Gasteiger charge is 2.68. The summed E-state index contributed by atoms with van der Waals surface area (Å²) in [4.78, 5) is 0. The third kappa shape index (κ3) is 1.46. The number of fused-ring (bicyclic) bond motifs is 2. The van der Waals surface area contributed by atoms with Crippen molar-refractivity contribution in [3.05, 3.63) is 0 Å². The van der Waals surface area contributed by atoms with Crippen molar-refractivity contribution < 1.29 is 28.1 Å². The summed E-state index contributed by atoms with van der Waals surface area (Å²) in [6, 6.07) is 0. The minimum Gasteiger partial charge on any atom is -0.393 e. The Bertz CT molecular complexity index is 268. The van der Waals surface area contributed by atoms with Gasteiger partial charge < -0.3 is 14.9 Å². The summed E-state index contributed by atoms with van der Waals surface area (Å²) < 4.78 is 43.3. The first-order chi connectivity index (χ1) is 6.87. The average molecular weight is 226 g/mol. The van der Waals surface area contributed by atoms with Crippen LogP contribution in [0, 0.1) is 5.92 Å². The van der Waals surface area contributed by atoms with Crippen LogP contribution in [0.5, 0.6) is 0 Å². The molecule has 0 radical (unpaired) electrons. The van der Waals surface area contributed by atoms with Crippen molar-refractivity contribution in [3.63, 3.8) is 0 Å². The van der Waals surface area contributed by atoms with Gasteiger partial charge in [0.15, 0.2) is 0 Å². The largest absolute Gasteiger partial charge is 0.394 e. The van der Waals surface area contributed by atoms with Crippen molar-refractivity contribution in [2.75, 3.05) is 13.2 Å². The number of rotatable bonds is 2. The van der Waals surface area contributed by atoms with E-state index in [9.17, 15) is 13.2 Å². The van der Waals surface area contributed by atoms with Crippen molar-refractivity contribution in [1.82, 2.24) is 0 Å². The molecule has 2 bridgehead atoms. The maximum Gasteiger partial charge on any atom is 0.394 e. The Labute approximate surface area is 84.8 Å². The zero-order valence-corrected chi connectivity index (χ0v) is 8.05. The van der Waals surface area contributed by atoms with Gasteiger partial charge in [-0.15, -0.1) is 0 Å². The third-order valence-corrected chi connectivity index (χ3v) is 3.59. The molecule has 3 nitrogen and oxygen atoms in total. The molecule has 0 aromatic carbocycles. The summed E-state index contributed by atoms with van der Waals surface area (Å²) in [7, 11) is 0. The fourth-order valence-electron chi connectivity index (χ4n) is 2.73. The molecule has 2 rings (SSSR count). The lowest BCUT2D eigenvalue weighted by Crippen LogP contribution is -2.45. The summed E-state index contributed by atoms with van der Waals surface area (Å²) in [5.41, 5.74) is -2.59. The number of alkyl halides is 3. The zero-order chi connectivity index (χ0) is 11.3. The van der Waals surface area contributed by atoms with Crippen LogP contribution in [0.15, 0.2) is 0 Å². The predicted molar refractivity (Wildman–Crippen MR) is 44.1 cm³/mol. The van der Waals surface area contributed by atoms with Gasteiger partial charge in [0, 0.05) is 0 Å². The van der Waals surface area contributed by atoms with Crippen molar-refractivity contribution in [2.45, 2.75) is 36.6 Å². The molecule has 3 unspecified atom stereocenters. The maximum atomic E-state index is 12.7. The SMILES string of the molecule is OCC12CCC(CO)(O1)C(C(F)(F)F)C2. The quantitative estimate of drug-likeness (QED) is 0.733. The van der Waals surface area contributed by atoms with Crippen LogP contribution in [-0.4, -0.2) is 40.8 Å². The molecule has 88 valence electrons. The number of halogens is 3. The molecule has 0 aromatic heterocycles. The van der Waals surface area contributed by atoms with Crippen molar-refractivity contribution >= 4 is 0 Å². The summed E-state index contributed by atoms with van der Waals surface area (Å²) in [5.74, 6) is -1.66. The van der Waals surface area contributed by atoms with Gasteiger partial charge in [-0.1, -0.05) is 0 Å². The van der Waals surface area contributed by atoms with Gasteiger partial charge in [-0.25, -0.2) is 0 Å². The van der Waals surface area contributed by atoms with Gasteiger partial charge in [-0.05, 0) is 19.3 Å². The van der Waals surface area contributed by atoms with E-state index in [4.69, 9.17) is 14.9 Å². The summed E-state index contributed by atoms with van der Waals surface area (Å²) >= 11 is 0. The Hall–Kier alpha value is -0.330. The minimum atomic E-state index is -4.37. The maximum absolute atomic E-state index is 12.7. The van der Waals surface area contributed by atoms with Crippen LogP contribution in [0.3, 0.4) is 0 Å². The Morgan fingerprint density at radius 2 is 1.87 bits per heavy atom. The molecule has 0 spiro atoms. The Kier molecular flexibility index (Phi) is 2.30. The van der Waals surface area contributed by atoms with Crippen molar-refractivity contribution in [3.8, 4) is 0 Å². The molecule has 2 fully saturated rings. The van der Waals surface area contributed by atoms with Gasteiger partial charge >= 0.3 is 6.18 Å². The summed E-state index contributed by atoms with van der Waals surface area (Å²) in [5, 5.41) is 18.1. The van der Waals surface area contributed by atoms with E-state index in [2.05, 4.69) is 0 Å². The first kappa shape index (κ1) is 11.2. The zero-order valence-electron chi connectivity index (χ0n) is 8.05. The second-order valence-corrected chi connectivity index (χ2v) is 4.46. The molecule has 2 aliphatic rings. The molecule has 0 saturated carbocycles. The Morgan fingerprint density at radius 3 is 2.27 bits per heavy atom. The van der Waals surface area contributed by atoms with Gasteiger partial charge in [0.1, 0.15) is 5.60 Å². The highest BCUT2D eigenvalue weighted by Crippen LogP contribution is 2.58. The fourth-order valence-corrected chi connectivity index (χ4v) is 2.73. The summed E-state index contributed by atoms with van der Waals surface area (Å²) in [6.45, 7) is -1.06. The van der Waals surface area contributed by atoms with Crippen LogP contribution < -0.4 is 0 Å². The molecule has 15 heavy (non-hydrogen) atoms. The molecule has 2 N–H and O–H groups in total. The van der Waals surface area contributed by atoms with Crippen LogP contribution in [-0.2, 0) is 4.74 Å². The van der Waals surface area contributed by atoms with E-state index < -0.39 is 36.5 Å². The smallest absolute Gasteiger partial charge is 0.393 e. The standard InChI is InChI=1S/C9H13F3O3/c10-9(11,12)6-3-7(4-13)1-2-8(6,5-14)15-7/h6,13-14H,1-5H2. The van der Waals surface area contributed by atoms with Gasteiger partial charge in [-0.2, -0.15) is 13.2 Å². The highest BCUT2D eigenvalue weighted by molar-refractivity contribution is 5.11. The minimum absolute atomic E-state index is 0.161. The van der Waals surface area contributed by atoms with Crippen LogP contribution in [0.2, 0.25) is 0 Å². The van der Waals surface area contributed by atoms with E-state index in [-0.39, 0.29) is 12.8 Å². The number of hydrogen-bond acceptors (Lipinski definition) is 3. The number of aliphatic hydroxyl groups excluding tert-OH is 2. The first-order valence-electron chi connectivity index (χ1n) is 4.86. The van der Waals surface area contributed by atoms with Crippen LogP contribution in [0.4, 0.5) is 13.2 Å². The number of aliphatic hydroxyl groups is 2. The lowest BCUT2D eigenvalue weighted by Gasteiger charge is -2.32. The lowest BCUT2D eigenvalue weighted by atomic mass is 9.74. The van der Waals surface area contributed by atoms with E-state index in [0.717, 1.165) is 0 Å². The fraction of sp³-hybridized carbons (Fsp3) is 1.00. The molecule has 3 atom stereocenters. The van der Waals surface area contributed by atoms with E-state index in [1.165, 1.54) is 0 Å². The van der Waals surface area contributed by atoms with Gasteiger partial charge in [0.25, 0.3) is 0 Å². The molecule has 0 aliphatic carbocycles.